The maximum absolute atomic E-state index is 10.6. The van der Waals surface area contributed by atoms with Gasteiger partial charge in [-0.1, -0.05) is 19.1 Å². The first-order valence-corrected chi connectivity index (χ1v) is 6.51. The molecule has 1 heterocycles. The Balaban J connectivity index is 1.94. The van der Waals surface area contributed by atoms with E-state index in [4.69, 9.17) is 4.42 Å². The number of nitrogens with zero attached hydrogens (tertiary/aromatic N) is 2. The average molecular weight is 275 g/mol. The lowest BCUT2D eigenvalue weighted by Crippen LogP contribution is -2.18. The smallest absolute Gasteiger partial charge is 0.269 e. The highest BCUT2D eigenvalue weighted by atomic mass is 16.6. The minimum Gasteiger partial charge on any atom is -0.444 e. The lowest BCUT2D eigenvalue weighted by molar-refractivity contribution is -0.384. The van der Waals surface area contributed by atoms with E-state index in [0.29, 0.717) is 12.4 Å². The van der Waals surface area contributed by atoms with E-state index >= 15 is 0 Å². The Kier molecular flexibility index (Phi) is 4.47. The number of nitro groups is 1. The van der Waals surface area contributed by atoms with Crippen molar-refractivity contribution in [1.29, 1.82) is 0 Å². The summed E-state index contributed by atoms with van der Waals surface area (Å²) in [6, 6.07) is 6.58. The minimum atomic E-state index is -0.402. The molecule has 20 heavy (non-hydrogen) atoms. The Morgan fingerprint density at radius 1 is 1.40 bits per heavy atom. The molecule has 0 saturated heterocycles. The van der Waals surface area contributed by atoms with Gasteiger partial charge in [0.15, 0.2) is 0 Å². The molecule has 1 aromatic heterocycles. The molecule has 0 fully saturated rings. The van der Waals surface area contributed by atoms with Crippen molar-refractivity contribution in [3.8, 4) is 0 Å². The van der Waals surface area contributed by atoms with Crippen LogP contribution >= 0.6 is 0 Å². The van der Waals surface area contributed by atoms with Crippen molar-refractivity contribution in [3.63, 3.8) is 0 Å². The predicted octanol–water partition coefficient (Wildman–Crippen LogP) is 3.00. The van der Waals surface area contributed by atoms with Crippen molar-refractivity contribution in [3.05, 3.63) is 57.8 Å². The molecule has 0 bridgehead atoms. The summed E-state index contributed by atoms with van der Waals surface area (Å²) < 4.78 is 5.51. The lowest BCUT2D eigenvalue weighted by atomic mass is 10.1. The summed E-state index contributed by atoms with van der Waals surface area (Å²) in [4.78, 5) is 14.4. The summed E-state index contributed by atoms with van der Waals surface area (Å²) in [7, 11) is 0. The molecule has 106 valence electrons. The molecule has 1 atom stereocenters. The maximum atomic E-state index is 10.6. The van der Waals surface area contributed by atoms with E-state index < -0.39 is 4.92 Å². The molecule has 6 nitrogen and oxygen atoms in total. The van der Waals surface area contributed by atoms with Crippen LogP contribution in [0.15, 0.2) is 34.9 Å². The van der Waals surface area contributed by atoms with Gasteiger partial charge in [0.25, 0.3) is 5.69 Å². The SMILES string of the molecule is CCc1cnc(CNC(C)c2ccc([N+](=O)[O-])cc2)o1. The lowest BCUT2D eigenvalue weighted by Gasteiger charge is -2.12. The van der Waals surface area contributed by atoms with E-state index in [1.54, 1.807) is 18.3 Å². The van der Waals surface area contributed by atoms with Crippen molar-refractivity contribution in [2.45, 2.75) is 32.9 Å². The number of oxazole rings is 1. The molecule has 0 aliphatic rings. The minimum absolute atomic E-state index is 0.0628. The summed E-state index contributed by atoms with van der Waals surface area (Å²) in [6.07, 6.45) is 2.55. The van der Waals surface area contributed by atoms with Gasteiger partial charge in [-0.2, -0.15) is 0 Å². The van der Waals surface area contributed by atoms with Crippen LogP contribution in [0.2, 0.25) is 0 Å². The van der Waals surface area contributed by atoms with Gasteiger partial charge in [-0.3, -0.25) is 10.1 Å². The zero-order chi connectivity index (χ0) is 14.5. The second kappa shape index (κ2) is 6.29. The van der Waals surface area contributed by atoms with Crippen LogP contribution < -0.4 is 5.32 Å². The van der Waals surface area contributed by atoms with E-state index in [1.165, 1.54) is 12.1 Å². The van der Waals surface area contributed by atoms with Gasteiger partial charge in [-0.05, 0) is 12.5 Å². The largest absolute Gasteiger partial charge is 0.444 e. The van der Waals surface area contributed by atoms with Gasteiger partial charge in [-0.25, -0.2) is 4.98 Å². The van der Waals surface area contributed by atoms with Crippen molar-refractivity contribution >= 4 is 5.69 Å². The molecule has 6 heteroatoms. The summed E-state index contributed by atoms with van der Waals surface area (Å²) >= 11 is 0. The molecule has 2 aromatic rings. The molecule has 1 N–H and O–H groups in total. The second-order valence-corrected chi connectivity index (χ2v) is 4.53. The molecule has 0 spiro atoms. The third kappa shape index (κ3) is 3.42. The molecule has 1 unspecified atom stereocenters. The number of non-ortho nitro benzene ring substituents is 1. The highest BCUT2D eigenvalue weighted by Gasteiger charge is 2.10. The van der Waals surface area contributed by atoms with Gasteiger partial charge in [0.2, 0.25) is 5.89 Å². The number of aryl methyl sites for hydroxylation is 1. The molecular weight excluding hydrogens is 258 g/mol. The van der Waals surface area contributed by atoms with Crippen molar-refractivity contribution < 1.29 is 9.34 Å². The van der Waals surface area contributed by atoms with Gasteiger partial charge < -0.3 is 9.73 Å². The van der Waals surface area contributed by atoms with Crippen molar-refractivity contribution in [2.24, 2.45) is 0 Å². The van der Waals surface area contributed by atoms with Gasteiger partial charge in [0, 0.05) is 24.6 Å². The Morgan fingerprint density at radius 3 is 2.65 bits per heavy atom. The number of nitro benzene ring substituents is 1. The number of hydrogen-bond acceptors (Lipinski definition) is 5. The first-order valence-electron chi connectivity index (χ1n) is 6.51. The van der Waals surface area contributed by atoms with E-state index in [9.17, 15) is 10.1 Å². The van der Waals surface area contributed by atoms with Crippen LogP contribution in [0.5, 0.6) is 0 Å². The van der Waals surface area contributed by atoms with Gasteiger partial charge >= 0.3 is 0 Å². The number of benzene rings is 1. The molecule has 0 amide bonds. The Labute approximate surface area is 117 Å². The second-order valence-electron chi connectivity index (χ2n) is 4.53. The maximum Gasteiger partial charge on any atom is 0.269 e. The number of hydrogen-bond donors (Lipinski definition) is 1. The van der Waals surface area contributed by atoms with E-state index in [1.807, 2.05) is 13.8 Å². The molecule has 0 aliphatic carbocycles. The highest BCUT2D eigenvalue weighted by Crippen LogP contribution is 2.17. The van der Waals surface area contributed by atoms with Crippen LogP contribution in [-0.2, 0) is 13.0 Å². The monoisotopic (exact) mass is 275 g/mol. The number of aromatic nitrogens is 1. The summed E-state index contributed by atoms with van der Waals surface area (Å²) in [5, 5.41) is 13.9. The zero-order valence-electron chi connectivity index (χ0n) is 11.5. The van der Waals surface area contributed by atoms with Crippen LogP contribution in [0.3, 0.4) is 0 Å². The predicted molar refractivity (Wildman–Crippen MR) is 74.2 cm³/mol. The summed E-state index contributed by atoms with van der Waals surface area (Å²) in [6.45, 7) is 4.53. The Bertz CT molecular complexity index is 578. The van der Waals surface area contributed by atoms with Crippen molar-refractivity contribution in [1.82, 2.24) is 10.3 Å². The van der Waals surface area contributed by atoms with E-state index in [-0.39, 0.29) is 11.7 Å². The average Bonchev–Trinajstić information content (AvgIpc) is 2.93. The van der Waals surface area contributed by atoms with E-state index in [2.05, 4.69) is 10.3 Å². The molecule has 2 rings (SSSR count). The first-order chi connectivity index (χ1) is 9.60. The first kappa shape index (κ1) is 14.2. The molecule has 0 radical (unpaired) electrons. The summed E-state index contributed by atoms with van der Waals surface area (Å²) in [5.74, 6) is 1.51. The standard InChI is InChI=1S/C14H17N3O3/c1-3-13-8-16-14(20-13)9-15-10(2)11-4-6-12(7-5-11)17(18)19/h4-8,10,15H,3,9H2,1-2H3. The van der Waals surface area contributed by atoms with Crippen molar-refractivity contribution in [2.75, 3.05) is 0 Å². The molecular formula is C14H17N3O3. The third-order valence-electron chi connectivity index (χ3n) is 3.11. The number of rotatable bonds is 6. The van der Waals surface area contributed by atoms with E-state index in [0.717, 1.165) is 17.7 Å². The topological polar surface area (TPSA) is 81.2 Å². The number of nitrogens with one attached hydrogen (secondary N) is 1. The van der Waals surface area contributed by atoms with Gasteiger partial charge in [-0.15, -0.1) is 0 Å². The van der Waals surface area contributed by atoms with Gasteiger partial charge in [0.05, 0.1) is 17.7 Å². The van der Waals surface area contributed by atoms with Crippen LogP contribution in [0.4, 0.5) is 5.69 Å². The van der Waals surface area contributed by atoms with Crippen LogP contribution in [0.1, 0.15) is 37.1 Å². The quantitative estimate of drug-likeness (QED) is 0.647. The zero-order valence-corrected chi connectivity index (χ0v) is 11.5. The molecule has 0 aliphatic heterocycles. The molecule has 1 aromatic carbocycles. The Hall–Kier alpha value is -2.21. The normalized spacial score (nSPS) is 12.3. The van der Waals surface area contributed by atoms with Gasteiger partial charge in [0.1, 0.15) is 5.76 Å². The van der Waals surface area contributed by atoms with Crippen LogP contribution in [0, 0.1) is 10.1 Å². The molecule has 0 saturated carbocycles. The Morgan fingerprint density at radius 2 is 2.10 bits per heavy atom. The van der Waals surface area contributed by atoms with Crippen LogP contribution in [0.25, 0.3) is 0 Å². The fourth-order valence-electron chi connectivity index (χ4n) is 1.84. The highest BCUT2D eigenvalue weighted by molar-refractivity contribution is 5.34. The summed E-state index contributed by atoms with van der Waals surface area (Å²) in [5.41, 5.74) is 1.08. The van der Waals surface area contributed by atoms with Crippen LogP contribution in [-0.4, -0.2) is 9.91 Å². The fourth-order valence-corrected chi connectivity index (χ4v) is 1.84. The third-order valence-corrected chi connectivity index (χ3v) is 3.11. The fraction of sp³-hybridized carbons (Fsp3) is 0.357.